The molecule has 0 saturated heterocycles. The van der Waals surface area contributed by atoms with Gasteiger partial charge < -0.3 is 10.3 Å². The third-order valence-electron chi connectivity index (χ3n) is 2.95. The molecule has 13 heavy (non-hydrogen) atoms. The average Bonchev–Trinajstić information content (AvgIpc) is 2.50. The minimum Gasteiger partial charge on any atom is -0.332 e. The van der Waals surface area contributed by atoms with Gasteiger partial charge >= 0.3 is 0 Å². The fraction of sp³-hybridized carbons (Fsp3) is 0.700. The summed E-state index contributed by atoms with van der Waals surface area (Å²) in [5, 5.41) is 0. The van der Waals surface area contributed by atoms with Gasteiger partial charge in [0, 0.05) is 24.4 Å². The highest BCUT2D eigenvalue weighted by molar-refractivity contribution is 5.12. The van der Waals surface area contributed by atoms with Gasteiger partial charge in [0.2, 0.25) is 0 Å². The van der Waals surface area contributed by atoms with Gasteiger partial charge in [0.25, 0.3) is 0 Å². The van der Waals surface area contributed by atoms with Gasteiger partial charge in [-0.3, -0.25) is 0 Å². The molecule has 0 aliphatic carbocycles. The van der Waals surface area contributed by atoms with Crippen LogP contribution in [0, 0.1) is 6.92 Å². The van der Waals surface area contributed by atoms with Crippen LogP contribution >= 0.6 is 0 Å². The zero-order valence-corrected chi connectivity index (χ0v) is 8.16. The van der Waals surface area contributed by atoms with Crippen molar-refractivity contribution in [2.75, 3.05) is 6.54 Å². The number of hydrogen-bond donors (Lipinski definition) is 1. The van der Waals surface area contributed by atoms with E-state index < -0.39 is 0 Å². The molecule has 0 fully saturated rings. The summed E-state index contributed by atoms with van der Waals surface area (Å²) in [6.45, 7) is 4.01. The summed E-state index contributed by atoms with van der Waals surface area (Å²) in [5.41, 5.74) is 6.99. The molecule has 0 saturated carbocycles. The maximum Gasteiger partial charge on any atom is 0.105 e. The first kappa shape index (κ1) is 8.75. The molecule has 1 aliphatic heterocycles. The molecule has 0 amide bonds. The summed E-state index contributed by atoms with van der Waals surface area (Å²) in [6.07, 6.45) is 5.68. The van der Waals surface area contributed by atoms with Gasteiger partial charge in [-0.15, -0.1) is 0 Å². The average molecular weight is 179 g/mol. The minimum absolute atomic E-state index is 0.653. The fourth-order valence-corrected chi connectivity index (χ4v) is 2.24. The van der Waals surface area contributed by atoms with Crippen molar-refractivity contribution in [1.82, 2.24) is 9.55 Å². The molecule has 0 radical (unpaired) electrons. The van der Waals surface area contributed by atoms with E-state index in [4.69, 9.17) is 5.73 Å². The van der Waals surface area contributed by atoms with E-state index in [0.29, 0.717) is 5.92 Å². The highest BCUT2D eigenvalue weighted by Crippen LogP contribution is 2.30. The van der Waals surface area contributed by atoms with E-state index in [1.807, 2.05) is 6.20 Å². The summed E-state index contributed by atoms with van der Waals surface area (Å²) >= 11 is 0. The van der Waals surface area contributed by atoms with Gasteiger partial charge in [0.15, 0.2) is 0 Å². The predicted molar refractivity (Wildman–Crippen MR) is 52.6 cm³/mol. The topological polar surface area (TPSA) is 43.8 Å². The van der Waals surface area contributed by atoms with E-state index in [1.54, 1.807) is 0 Å². The smallest absolute Gasteiger partial charge is 0.105 e. The molecule has 1 aromatic heterocycles. The first-order valence-corrected chi connectivity index (χ1v) is 5.05. The summed E-state index contributed by atoms with van der Waals surface area (Å²) in [7, 11) is 0. The van der Waals surface area contributed by atoms with Crippen LogP contribution in [0.25, 0.3) is 0 Å². The normalized spacial score (nSPS) is 21.5. The Bertz CT molecular complexity index is 290. The van der Waals surface area contributed by atoms with Crippen molar-refractivity contribution in [2.24, 2.45) is 5.73 Å². The van der Waals surface area contributed by atoms with Crippen LogP contribution in [0.4, 0.5) is 0 Å². The number of aromatic nitrogens is 2. The Hall–Kier alpha value is -0.830. The summed E-state index contributed by atoms with van der Waals surface area (Å²) in [4.78, 5) is 4.35. The number of hydrogen-bond acceptors (Lipinski definition) is 2. The Morgan fingerprint density at radius 1 is 1.69 bits per heavy atom. The zero-order chi connectivity index (χ0) is 9.26. The van der Waals surface area contributed by atoms with Crippen molar-refractivity contribution in [3.8, 4) is 0 Å². The number of imidazole rings is 1. The number of rotatable bonds is 2. The summed E-state index contributed by atoms with van der Waals surface area (Å²) in [5.74, 6) is 1.80. The molecule has 3 nitrogen and oxygen atoms in total. The fourth-order valence-electron chi connectivity index (χ4n) is 2.24. The lowest BCUT2D eigenvalue weighted by Crippen LogP contribution is -2.18. The van der Waals surface area contributed by atoms with Gasteiger partial charge in [-0.25, -0.2) is 4.98 Å². The second-order valence-electron chi connectivity index (χ2n) is 3.80. The monoisotopic (exact) mass is 179 g/mol. The van der Waals surface area contributed by atoms with Crippen LogP contribution in [0.2, 0.25) is 0 Å². The Morgan fingerprint density at radius 2 is 2.54 bits per heavy atom. The molecule has 2 N–H and O–H groups in total. The van der Waals surface area contributed by atoms with Crippen molar-refractivity contribution in [3.63, 3.8) is 0 Å². The first-order chi connectivity index (χ1) is 6.33. The van der Waals surface area contributed by atoms with Crippen LogP contribution in [-0.2, 0) is 6.54 Å². The third-order valence-corrected chi connectivity index (χ3v) is 2.95. The lowest BCUT2D eigenvalue weighted by Gasteiger charge is -2.24. The molecule has 3 heteroatoms. The van der Waals surface area contributed by atoms with Crippen LogP contribution in [0.5, 0.6) is 0 Å². The SMILES string of the molecule is Cc1ncc2n1CCCC2CCN. The molecule has 1 atom stereocenters. The Kier molecular flexibility index (Phi) is 2.36. The predicted octanol–water partition coefficient (Wildman–Crippen LogP) is 1.42. The molecular formula is C10H17N3. The molecule has 2 rings (SSSR count). The lowest BCUT2D eigenvalue weighted by molar-refractivity contribution is 0.434. The Morgan fingerprint density at radius 3 is 3.31 bits per heavy atom. The molecule has 0 spiro atoms. The van der Waals surface area contributed by atoms with Crippen LogP contribution in [-0.4, -0.2) is 16.1 Å². The minimum atomic E-state index is 0.653. The molecular weight excluding hydrogens is 162 g/mol. The maximum absolute atomic E-state index is 5.59. The van der Waals surface area contributed by atoms with Crippen LogP contribution in [0.15, 0.2) is 6.20 Å². The molecule has 72 valence electrons. The standard InChI is InChI=1S/C10H17N3/c1-8-12-7-10-9(4-5-11)3-2-6-13(8)10/h7,9H,2-6,11H2,1H3. The van der Waals surface area contributed by atoms with Gasteiger partial charge in [-0.2, -0.15) is 0 Å². The van der Waals surface area contributed by atoms with Crippen molar-refractivity contribution in [1.29, 1.82) is 0 Å². The van der Waals surface area contributed by atoms with E-state index in [0.717, 1.165) is 25.3 Å². The number of nitrogens with two attached hydrogens (primary N) is 1. The van der Waals surface area contributed by atoms with E-state index in [2.05, 4.69) is 16.5 Å². The van der Waals surface area contributed by atoms with E-state index in [-0.39, 0.29) is 0 Å². The van der Waals surface area contributed by atoms with Crippen LogP contribution < -0.4 is 5.73 Å². The maximum atomic E-state index is 5.59. The van der Waals surface area contributed by atoms with Crippen molar-refractivity contribution >= 4 is 0 Å². The molecule has 2 heterocycles. The molecule has 1 unspecified atom stereocenters. The highest BCUT2D eigenvalue weighted by Gasteiger charge is 2.20. The molecule has 1 aliphatic rings. The van der Waals surface area contributed by atoms with Gasteiger partial charge in [0.1, 0.15) is 5.82 Å². The first-order valence-electron chi connectivity index (χ1n) is 5.05. The lowest BCUT2D eigenvalue weighted by atomic mass is 9.93. The quantitative estimate of drug-likeness (QED) is 0.746. The second kappa shape index (κ2) is 3.50. The Labute approximate surface area is 79.0 Å². The van der Waals surface area contributed by atoms with Gasteiger partial charge in [-0.05, 0) is 32.7 Å². The number of fused-ring (bicyclic) bond motifs is 1. The molecule has 0 aromatic carbocycles. The van der Waals surface area contributed by atoms with Crippen LogP contribution in [0.3, 0.4) is 0 Å². The summed E-state index contributed by atoms with van der Waals surface area (Å²) in [6, 6.07) is 0. The van der Waals surface area contributed by atoms with Crippen LogP contribution in [0.1, 0.15) is 36.7 Å². The van der Waals surface area contributed by atoms with E-state index >= 15 is 0 Å². The van der Waals surface area contributed by atoms with Crippen molar-refractivity contribution < 1.29 is 0 Å². The highest BCUT2D eigenvalue weighted by atomic mass is 15.1. The molecule has 0 bridgehead atoms. The van der Waals surface area contributed by atoms with Gasteiger partial charge in [-0.1, -0.05) is 0 Å². The van der Waals surface area contributed by atoms with E-state index in [9.17, 15) is 0 Å². The largest absolute Gasteiger partial charge is 0.332 e. The Balaban J connectivity index is 2.27. The number of aryl methyl sites for hydroxylation is 1. The molecule has 1 aromatic rings. The third kappa shape index (κ3) is 1.48. The van der Waals surface area contributed by atoms with Crippen molar-refractivity contribution in [2.45, 2.75) is 38.6 Å². The second-order valence-corrected chi connectivity index (χ2v) is 3.80. The zero-order valence-electron chi connectivity index (χ0n) is 8.16. The van der Waals surface area contributed by atoms with Gasteiger partial charge in [0.05, 0.1) is 0 Å². The number of nitrogens with zero attached hydrogens (tertiary/aromatic N) is 2. The van der Waals surface area contributed by atoms with Crippen molar-refractivity contribution in [3.05, 3.63) is 17.7 Å². The van der Waals surface area contributed by atoms with E-state index in [1.165, 1.54) is 18.5 Å². The summed E-state index contributed by atoms with van der Waals surface area (Å²) < 4.78 is 2.34.